The second-order valence-electron chi connectivity index (χ2n) is 12.8. The van der Waals surface area contributed by atoms with Gasteiger partial charge in [0, 0.05) is 48.8 Å². The van der Waals surface area contributed by atoms with Crippen molar-refractivity contribution in [3.63, 3.8) is 0 Å². The first-order chi connectivity index (χ1) is 24.3. The molecule has 5 rings (SSSR count). The van der Waals surface area contributed by atoms with E-state index < -0.39 is 48.4 Å². The molecular weight excluding hydrogens is 695 g/mol. The van der Waals surface area contributed by atoms with Gasteiger partial charge in [-0.25, -0.2) is 23.8 Å². The van der Waals surface area contributed by atoms with Gasteiger partial charge in [-0.1, -0.05) is 18.0 Å². The number of methoxy groups -OCH3 is 2. The third-order valence-electron chi connectivity index (χ3n) is 9.73. The Morgan fingerprint density at radius 3 is 2.49 bits per heavy atom. The Balaban J connectivity index is 1.47. The zero-order valence-electron chi connectivity index (χ0n) is 28.8. The van der Waals surface area contributed by atoms with Gasteiger partial charge in [0.2, 0.25) is 17.5 Å². The Morgan fingerprint density at radius 2 is 1.84 bits per heavy atom. The first-order valence-corrected chi connectivity index (χ1v) is 17.1. The molecule has 12 nitrogen and oxygen atoms in total. The Bertz CT molecular complexity index is 1670. The van der Waals surface area contributed by atoms with Crippen LogP contribution in [-0.2, 0) is 32.1 Å². The summed E-state index contributed by atoms with van der Waals surface area (Å²) >= 11 is 6.65. The molecule has 0 radical (unpaired) electrons. The Morgan fingerprint density at radius 1 is 1.08 bits per heavy atom. The molecule has 16 heteroatoms. The van der Waals surface area contributed by atoms with Crippen LogP contribution < -0.4 is 25.8 Å². The second kappa shape index (κ2) is 15.9. The lowest BCUT2D eigenvalue weighted by atomic mass is 9.75. The maximum Gasteiger partial charge on any atom is 0.345 e. The van der Waals surface area contributed by atoms with E-state index in [0.717, 1.165) is 0 Å². The molecule has 2 aromatic carbocycles. The van der Waals surface area contributed by atoms with Gasteiger partial charge < -0.3 is 39.5 Å². The molecule has 3 aliphatic rings. The van der Waals surface area contributed by atoms with E-state index in [1.807, 2.05) is 0 Å². The van der Waals surface area contributed by atoms with Crippen molar-refractivity contribution in [2.24, 2.45) is 17.5 Å². The maximum absolute atomic E-state index is 17.1. The summed E-state index contributed by atoms with van der Waals surface area (Å²) in [5, 5.41) is 1.05. The molecule has 2 unspecified atom stereocenters. The van der Waals surface area contributed by atoms with Gasteiger partial charge in [0.05, 0.1) is 25.8 Å². The molecule has 2 heterocycles. The minimum absolute atomic E-state index is 0.0592. The second-order valence-corrected chi connectivity index (χ2v) is 13.2. The van der Waals surface area contributed by atoms with Gasteiger partial charge in [0.25, 0.3) is 6.43 Å². The van der Waals surface area contributed by atoms with E-state index in [1.165, 1.54) is 37.1 Å². The minimum atomic E-state index is -2.98. The molecule has 0 aromatic heterocycles. The molecule has 0 bridgehead atoms. The third-order valence-corrected chi connectivity index (χ3v) is 10.1. The fourth-order valence-electron chi connectivity index (χ4n) is 7.15. The number of esters is 1. The predicted molar refractivity (Wildman–Crippen MR) is 180 cm³/mol. The minimum Gasteiger partial charge on any atom is -0.497 e. The standard InChI is InChI=1S/C35H43ClF3N5O7/c1-42(41)30(31(37)38)25(40)19-50-26-12-11-24(36)22-13-16-44(32(29(22)26)43-15-6-8-28(43)45)33(46)23-7-4-5-14-35(23,39)34(47)51-18-20-9-10-21(48-2)17-27(20)49-3/h9-12,17,23,31-32H,4-8,13-16,18-19,40-41H2,1-3H3/b30-25-/t23?,32?,35-/m1/s1. The molecule has 4 N–H and O–H groups in total. The number of halogens is 4. The first-order valence-electron chi connectivity index (χ1n) is 16.7. The summed E-state index contributed by atoms with van der Waals surface area (Å²) in [5.74, 6) is 3.14. The van der Waals surface area contributed by atoms with E-state index >= 15 is 4.39 Å². The molecule has 2 aromatic rings. The topological polar surface area (TPSA) is 150 Å². The molecule has 278 valence electrons. The van der Waals surface area contributed by atoms with Crippen LogP contribution in [0.3, 0.4) is 0 Å². The number of carbonyl (C=O) groups excluding carboxylic acids is 3. The first kappa shape index (κ1) is 37.9. The van der Waals surface area contributed by atoms with Crippen molar-refractivity contribution >= 4 is 29.4 Å². The molecular formula is C35H43ClF3N5O7. The number of rotatable bonds is 12. The molecule has 1 saturated carbocycles. The molecule has 2 amide bonds. The molecule has 2 aliphatic heterocycles. The zero-order chi connectivity index (χ0) is 37.0. The van der Waals surface area contributed by atoms with Crippen molar-refractivity contribution in [3.05, 3.63) is 63.4 Å². The van der Waals surface area contributed by atoms with Crippen LogP contribution in [-0.4, -0.2) is 85.7 Å². The van der Waals surface area contributed by atoms with Crippen LogP contribution in [0.1, 0.15) is 61.4 Å². The molecule has 0 spiro atoms. The number of nitrogens with zero attached hydrogens (tertiary/aromatic N) is 3. The van der Waals surface area contributed by atoms with Gasteiger partial charge in [-0.15, -0.1) is 0 Å². The van der Waals surface area contributed by atoms with Crippen molar-refractivity contribution in [1.82, 2.24) is 14.8 Å². The highest BCUT2D eigenvalue weighted by atomic mass is 35.5. The maximum atomic E-state index is 17.1. The highest BCUT2D eigenvalue weighted by Gasteiger charge is 2.55. The quantitative estimate of drug-likeness (QED) is 0.180. The monoisotopic (exact) mass is 737 g/mol. The van der Waals surface area contributed by atoms with E-state index in [2.05, 4.69) is 0 Å². The highest BCUT2D eigenvalue weighted by Crippen LogP contribution is 2.47. The summed E-state index contributed by atoms with van der Waals surface area (Å²) in [5.41, 5.74) is 3.79. The number of hydrogen-bond acceptors (Lipinski definition) is 10. The summed E-state index contributed by atoms with van der Waals surface area (Å²) in [4.78, 5) is 44.4. The number of alkyl halides is 3. The van der Waals surface area contributed by atoms with Crippen LogP contribution in [0.2, 0.25) is 5.02 Å². The van der Waals surface area contributed by atoms with Gasteiger partial charge in [0.1, 0.15) is 42.3 Å². The molecule has 3 atom stereocenters. The number of hydrazine groups is 1. The van der Waals surface area contributed by atoms with E-state index in [9.17, 15) is 23.2 Å². The van der Waals surface area contributed by atoms with Crippen LogP contribution in [0.15, 0.2) is 41.7 Å². The number of fused-ring (bicyclic) bond motifs is 1. The lowest BCUT2D eigenvalue weighted by molar-refractivity contribution is -0.174. The van der Waals surface area contributed by atoms with Crippen LogP contribution in [0, 0.1) is 5.92 Å². The number of likely N-dealkylation sites (tertiary alicyclic amines) is 1. The van der Waals surface area contributed by atoms with Gasteiger partial charge in [0.15, 0.2) is 0 Å². The van der Waals surface area contributed by atoms with Crippen molar-refractivity contribution in [3.8, 4) is 17.2 Å². The summed E-state index contributed by atoms with van der Waals surface area (Å²) < 4.78 is 66.6. The zero-order valence-corrected chi connectivity index (χ0v) is 29.5. The van der Waals surface area contributed by atoms with Crippen molar-refractivity contribution in [2.45, 2.75) is 69.8 Å². The predicted octanol–water partition coefficient (Wildman–Crippen LogP) is 4.62. The van der Waals surface area contributed by atoms with Crippen molar-refractivity contribution in [1.29, 1.82) is 0 Å². The van der Waals surface area contributed by atoms with E-state index in [4.69, 9.17) is 42.1 Å². The van der Waals surface area contributed by atoms with E-state index in [1.54, 1.807) is 24.3 Å². The molecule has 1 saturated heterocycles. The van der Waals surface area contributed by atoms with Crippen LogP contribution >= 0.6 is 11.6 Å². The fourth-order valence-corrected chi connectivity index (χ4v) is 7.41. The molecule has 2 fully saturated rings. The Hall–Kier alpha value is -4.37. The van der Waals surface area contributed by atoms with Gasteiger partial charge in [-0.05, 0) is 61.9 Å². The van der Waals surface area contributed by atoms with E-state index in [0.29, 0.717) is 57.5 Å². The van der Waals surface area contributed by atoms with Crippen LogP contribution in [0.4, 0.5) is 13.2 Å². The Labute approximate surface area is 299 Å². The van der Waals surface area contributed by atoms with Crippen molar-refractivity contribution in [2.75, 3.05) is 41.0 Å². The number of amides is 2. The van der Waals surface area contributed by atoms with Crippen molar-refractivity contribution < 1.29 is 46.5 Å². The SMILES string of the molecule is COc1ccc(COC(=O)[C@@]2(F)CCCCC2C(=O)N2CCc3c(Cl)ccc(OC/C(N)=C(\C(F)F)N(C)N)c3C2N2CCCC2=O)c(OC)c1. The fraction of sp³-hybridized carbons (Fsp3) is 0.514. The summed E-state index contributed by atoms with van der Waals surface area (Å²) in [6, 6.07) is 7.98. The lowest BCUT2D eigenvalue weighted by Crippen LogP contribution is -2.56. The number of allylic oxidation sites excluding steroid dienone is 1. The average molecular weight is 738 g/mol. The smallest absolute Gasteiger partial charge is 0.345 e. The average Bonchev–Trinajstić information content (AvgIpc) is 3.54. The number of carbonyl (C=O) groups is 3. The molecule has 51 heavy (non-hydrogen) atoms. The lowest BCUT2D eigenvalue weighted by Gasteiger charge is -2.46. The molecule has 1 aliphatic carbocycles. The van der Waals surface area contributed by atoms with Crippen LogP contribution in [0.5, 0.6) is 17.2 Å². The number of ether oxygens (including phenoxy) is 4. The summed E-state index contributed by atoms with van der Waals surface area (Å²) in [6.45, 7) is -0.454. The highest BCUT2D eigenvalue weighted by molar-refractivity contribution is 6.31. The third kappa shape index (κ3) is 7.64. The Kier molecular flexibility index (Phi) is 11.8. The normalized spacial score (nSPS) is 22.3. The number of nitrogens with two attached hydrogens (primary N) is 2. The van der Waals surface area contributed by atoms with Gasteiger partial charge in [-0.2, -0.15) is 0 Å². The number of benzene rings is 2. The van der Waals surface area contributed by atoms with Gasteiger partial charge in [-0.3, -0.25) is 9.59 Å². The largest absolute Gasteiger partial charge is 0.497 e. The number of hydrogen-bond donors (Lipinski definition) is 2. The van der Waals surface area contributed by atoms with Gasteiger partial charge >= 0.3 is 5.97 Å². The summed E-state index contributed by atoms with van der Waals surface area (Å²) in [7, 11) is 4.16. The van der Waals surface area contributed by atoms with E-state index in [-0.39, 0.29) is 62.7 Å². The summed E-state index contributed by atoms with van der Waals surface area (Å²) in [6.07, 6.45) is -2.41. The van der Waals surface area contributed by atoms with Crippen LogP contribution in [0.25, 0.3) is 0 Å².